The Kier molecular flexibility index (Phi) is 4.42. The maximum absolute atomic E-state index is 10.9. The highest BCUT2D eigenvalue weighted by Gasteiger charge is 2.24. The number of carbonyl (C=O) groups is 1. The van der Waals surface area contributed by atoms with Crippen LogP contribution in [0.5, 0.6) is 0 Å². The molecular formula is C11H14O5. The third-order valence-corrected chi connectivity index (χ3v) is 2.23. The molecule has 16 heavy (non-hydrogen) atoms. The van der Waals surface area contributed by atoms with Crippen molar-refractivity contribution in [2.75, 3.05) is 14.2 Å². The van der Waals surface area contributed by atoms with Crippen LogP contribution in [0, 0.1) is 0 Å². The standard InChI is InChI=1S/C11H14O5/c1-15-11(16-2)9(12)7-5-3-4-6-8(7)10(13)14/h3-6,9,11-12H,1-2H3,(H,13,14). The first-order valence-corrected chi connectivity index (χ1v) is 4.67. The molecular weight excluding hydrogens is 212 g/mol. The highest BCUT2D eigenvalue weighted by molar-refractivity contribution is 5.89. The highest BCUT2D eigenvalue weighted by Crippen LogP contribution is 2.23. The van der Waals surface area contributed by atoms with E-state index in [1.807, 2.05) is 0 Å². The van der Waals surface area contributed by atoms with Crippen molar-refractivity contribution >= 4 is 5.97 Å². The van der Waals surface area contributed by atoms with Crippen LogP contribution in [0.4, 0.5) is 0 Å². The van der Waals surface area contributed by atoms with E-state index in [-0.39, 0.29) is 11.1 Å². The van der Waals surface area contributed by atoms with E-state index in [1.54, 1.807) is 12.1 Å². The Balaban J connectivity index is 3.07. The van der Waals surface area contributed by atoms with E-state index in [9.17, 15) is 9.90 Å². The molecule has 1 unspecified atom stereocenters. The number of aliphatic hydroxyl groups excluding tert-OH is 1. The molecule has 0 bridgehead atoms. The molecule has 2 N–H and O–H groups in total. The van der Waals surface area contributed by atoms with Crippen molar-refractivity contribution in [1.29, 1.82) is 0 Å². The minimum atomic E-state index is -1.14. The molecule has 0 spiro atoms. The number of hydrogen-bond donors (Lipinski definition) is 2. The average molecular weight is 226 g/mol. The van der Waals surface area contributed by atoms with Crippen molar-refractivity contribution in [2.24, 2.45) is 0 Å². The summed E-state index contributed by atoms with van der Waals surface area (Å²) in [5.74, 6) is -1.10. The first kappa shape index (κ1) is 12.6. The summed E-state index contributed by atoms with van der Waals surface area (Å²) in [5.41, 5.74) is 0.304. The van der Waals surface area contributed by atoms with Gasteiger partial charge in [-0.1, -0.05) is 18.2 Å². The molecule has 1 aromatic rings. The van der Waals surface area contributed by atoms with Crippen molar-refractivity contribution in [2.45, 2.75) is 12.4 Å². The molecule has 5 heteroatoms. The zero-order valence-corrected chi connectivity index (χ0v) is 9.08. The Bertz CT molecular complexity index is 359. The second kappa shape index (κ2) is 5.60. The van der Waals surface area contributed by atoms with Gasteiger partial charge in [0.25, 0.3) is 0 Å². The molecule has 0 fully saturated rings. The van der Waals surface area contributed by atoms with Gasteiger partial charge in [0.15, 0.2) is 6.29 Å². The summed E-state index contributed by atoms with van der Waals surface area (Å²) in [4.78, 5) is 10.9. The van der Waals surface area contributed by atoms with Crippen molar-refractivity contribution in [1.82, 2.24) is 0 Å². The fourth-order valence-electron chi connectivity index (χ4n) is 1.45. The summed E-state index contributed by atoms with van der Waals surface area (Å²) in [6.45, 7) is 0. The molecule has 0 aliphatic carbocycles. The van der Waals surface area contributed by atoms with Crippen molar-refractivity contribution in [3.05, 3.63) is 35.4 Å². The molecule has 1 atom stereocenters. The number of aromatic carboxylic acids is 1. The third-order valence-electron chi connectivity index (χ3n) is 2.23. The van der Waals surface area contributed by atoms with Crippen LogP contribution in [0.2, 0.25) is 0 Å². The summed E-state index contributed by atoms with van der Waals surface area (Å²) in [6, 6.07) is 6.18. The molecule has 5 nitrogen and oxygen atoms in total. The largest absolute Gasteiger partial charge is 0.478 e. The van der Waals surface area contributed by atoms with Gasteiger partial charge in [-0.2, -0.15) is 0 Å². The summed E-state index contributed by atoms with van der Waals surface area (Å²) in [5, 5.41) is 18.8. The highest BCUT2D eigenvalue weighted by atomic mass is 16.7. The second-order valence-electron chi connectivity index (χ2n) is 3.18. The predicted octanol–water partition coefficient (Wildman–Crippen LogP) is 1.04. The van der Waals surface area contributed by atoms with Crippen molar-refractivity contribution < 1.29 is 24.5 Å². The Hall–Kier alpha value is -1.43. The van der Waals surface area contributed by atoms with Gasteiger partial charge in [0.2, 0.25) is 0 Å². The molecule has 0 heterocycles. The lowest BCUT2D eigenvalue weighted by molar-refractivity contribution is -0.166. The number of carboxylic acid groups (broad SMARTS) is 1. The molecule has 1 rings (SSSR count). The Labute approximate surface area is 93.2 Å². The minimum absolute atomic E-state index is 0.0362. The van der Waals surface area contributed by atoms with Crippen LogP contribution in [-0.4, -0.2) is 36.7 Å². The van der Waals surface area contributed by atoms with E-state index in [2.05, 4.69) is 0 Å². The number of ether oxygens (including phenoxy) is 2. The van der Waals surface area contributed by atoms with Gasteiger partial charge in [-0.05, 0) is 6.07 Å². The number of carboxylic acids is 1. The van der Waals surface area contributed by atoms with Gasteiger partial charge < -0.3 is 19.7 Å². The summed E-state index contributed by atoms with van der Waals surface area (Å²) in [7, 11) is 2.75. The van der Waals surface area contributed by atoms with E-state index in [0.29, 0.717) is 0 Å². The Morgan fingerprint density at radius 1 is 1.25 bits per heavy atom. The predicted molar refractivity (Wildman–Crippen MR) is 56.2 cm³/mol. The zero-order chi connectivity index (χ0) is 12.1. The number of rotatable bonds is 5. The number of methoxy groups -OCH3 is 2. The van der Waals surface area contributed by atoms with Gasteiger partial charge in [-0.3, -0.25) is 0 Å². The normalized spacial score (nSPS) is 12.8. The van der Waals surface area contributed by atoms with Gasteiger partial charge in [0.05, 0.1) is 5.56 Å². The minimum Gasteiger partial charge on any atom is -0.478 e. The number of hydrogen-bond acceptors (Lipinski definition) is 4. The maximum atomic E-state index is 10.9. The third kappa shape index (κ3) is 2.57. The molecule has 0 saturated heterocycles. The Morgan fingerprint density at radius 2 is 1.81 bits per heavy atom. The topological polar surface area (TPSA) is 76.0 Å². The number of benzene rings is 1. The monoisotopic (exact) mass is 226 g/mol. The lowest BCUT2D eigenvalue weighted by Gasteiger charge is -2.21. The second-order valence-corrected chi connectivity index (χ2v) is 3.18. The molecule has 0 radical (unpaired) electrons. The van der Waals surface area contributed by atoms with E-state index in [0.717, 1.165) is 0 Å². The fraction of sp³-hybridized carbons (Fsp3) is 0.364. The first-order valence-electron chi connectivity index (χ1n) is 4.67. The fourth-order valence-corrected chi connectivity index (χ4v) is 1.45. The van der Waals surface area contributed by atoms with Gasteiger partial charge in [-0.25, -0.2) is 4.79 Å². The average Bonchev–Trinajstić information content (AvgIpc) is 2.30. The van der Waals surface area contributed by atoms with Crippen molar-refractivity contribution in [3.63, 3.8) is 0 Å². The van der Waals surface area contributed by atoms with Crippen molar-refractivity contribution in [3.8, 4) is 0 Å². The molecule has 0 aliphatic heterocycles. The first-order chi connectivity index (χ1) is 7.61. The summed E-state index contributed by atoms with van der Waals surface area (Å²) < 4.78 is 9.77. The zero-order valence-electron chi connectivity index (χ0n) is 9.08. The van der Waals surface area contributed by atoms with Gasteiger partial charge >= 0.3 is 5.97 Å². The maximum Gasteiger partial charge on any atom is 0.336 e. The van der Waals surface area contributed by atoms with E-state index >= 15 is 0 Å². The Morgan fingerprint density at radius 3 is 2.31 bits per heavy atom. The summed E-state index contributed by atoms with van der Waals surface area (Å²) >= 11 is 0. The number of aliphatic hydroxyl groups is 1. The van der Waals surface area contributed by atoms with E-state index < -0.39 is 18.4 Å². The molecule has 0 aromatic heterocycles. The van der Waals surface area contributed by atoms with Gasteiger partial charge in [0.1, 0.15) is 6.10 Å². The van der Waals surface area contributed by atoms with Crippen LogP contribution < -0.4 is 0 Å². The lowest BCUT2D eigenvalue weighted by Crippen LogP contribution is -2.24. The quantitative estimate of drug-likeness (QED) is 0.733. The van der Waals surface area contributed by atoms with E-state index in [4.69, 9.17) is 14.6 Å². The van der Waals surface area contributed by atoms with Crippen LogP contribution in [0.15, 0.2) is 24.3 Å². The molecule has 0 amide bonds. The van der Waals surface area contributed by atoms with Gasteiger partial charge in [-0.15, -0.1) is 0 Å². The molecule has 0 saturated carbocycles. The van der Waals surface area contributed by atoms with Gasteiger partial charge in [0, 0.05) is 19.8 Å². The van der Waals surface area contributed by atoms with Crippen LogP contribution in [-0.2, 0) is 9.47 Å². The van der Waals surface area contributed by atoms with Crippen LogP contribution >= 0.6 is 0 Å². The van der Waals surface area contributed by atoms with Crippen LogP contribution in [0.3, 0.4) is 0 Å². The molecule has 88 valence electrons. The summed E-state index contributed by atoms with van der Waals surface area (Å²) in [6.07, 6.45) is -2.03. The molecule has 0 aliphatic rings. The SMILES string of the molecule is COC(OC)C(O)c1ccccc1C(=O)O. The van der Waals surface area contributed by atoms with Crippen LogP contribution in [0.25, 0.3) is 0 Å². The lowest BCUT2D eigenvalue weighted by atomic mass is 10.0. The molecule has 1 aromatic carbocycles. The smallest absolute Gasteiger partial charge is 0.336 e. The van der Waals surface area contributed by atoms with E-state index in [1.165, 1.54) is 26.4 Å². The van der Waals surface area contributed by atoms with Crippen LogP contribution in [0.1, 0.15) is 22.0 Å².